The van der Waals surface area contributed by atoms with Crippen LogP contribution in [0.25, 0.3) is 0 Å². The molecule has 0 aromatic carbocycles. The Kier molecular flexibility index (Phi) is 5.35. The van der Waals surface area contributed by atoms with Gasteiger partial charge in [0.25, 0.3) is 8.05 Å². The van der Waals surface area contributed by atoms with Crippen molar-refractivity contribution in [3.05, 3.63) is 12.2 Å². The van der Waals surface area contributed by atoms with Gasteiger partial charge in [-0.2, -0.15) is 0 Å². The topological polar surface area (TPSA) is 35.2 Å². The molecule has 0 heterocycles. The summed E-state index contributed by atoms with van der Waals surface area (Å²) in [5.41, 5.74) is 5.61. The Morgan fingerprint density at radius 1 is 1.70 bits per heavy atom. The molecule has 0 fully saturated rings. The molecular weight excluding hydrogens is 125 g/mol. The van der Waals surface area contributed by atoms with Crippen LogP contribution in [0.3, 0.4) is 0 Å². The monoisotopic (exact) mass is 141 g/mol. The summed E-state index contributed by atoms with van der Waals surface area (Å²) in [7, 11) is 1.67. The van der Waals surface area contributed by atoms with Gasteiger partial charge in [-0.1, -0.05) is 19.1 Å². The van der Waals surface area contributed by atoms with E-state index in [0.717, 1.165) is 6.42 Å². The highest BCUT2D eigenvalue weighted by atomic mass is 16.4. The van der Waals surface area contributed by atoms with Gasteiger partial charge in [-0.15, -0.1) is 0 Å². The maximum atomic E-state index is 5.61. The van der Waals surface area contributed by atoms with Crippen molar-refractivity contribution in [2.45, 2.75) is 32.4 Å². The molecule has 0 aliphatic carbocycles. The van der Waals surface area contributed by atoms with Gasteiger partial charge >= 0.3 is 0 Å². The summed E-state index contributed by atoms with van der Waals surface area (Å²) in [6.45, 7) is 4.03. The van der Waals surface area contributed by atoms with E-state index >= 15 is 0 Å². The van der Waals surface area contributed by atoms with Crippen LogP contribution in [0, 0.1) is 0 Å². The molecule has 0 bridgehead atoms. The zero-order chi connectivity index (χ0) is 7.98. The Balaban J connectivity index is 3.71. The van der Waals surface area contributed by atoms with Crippen molar-refractivity contribution in [3.63, 3.8) is 0 Å². The standard InChI is InChI=1S/C7H16BNO/c1-3-4-5-7(10-8)6(2)9/h4-7H,3,8-9H2,1-2H3/b5-4-/t6-,7?/m0/s1. The zero-order valence-electron chi connectivity index (χ0n) is 7.00. The molecule has 0 aromatic heterocycles. The van der Waals surface area contributed by atoms with Crippen molar-refractivity contribution in [1.82, 2.24) is 0 Å². The second kappa shape index (κ2) is 5.51. The summed E-state index contributed by atoms with van der Waals surface area (Å²) in [4.78, 5) is 0. The molecule has 0 aromatic rings. The van der Waals surface area contributed by atoms with E-state index in [2.05, 4.69) is 13.0 Å². The van der Waals surface area contributed by atoms with Gasteiger partial charge in [0.1, 0.15) is 0 Å². The molecule has 2 atom stereocenters. The average molecular weight is 141 g/mol. The van der Waals surface area contributed by atoms with Crippen molar-refractivity contribution < 1.29 is 4.65 Å². The van der Waals surface area contributed by atoms with Gasteiger partial charge in [0.15, 0.2) is 0 Å². The molecule has 1 unspecified atom stereocenters. The van der Waals surface area contributed by atoms with Gasteiger partial charge in [-0.25, -0.2) is 0 Å². The van der Waals surface area contributed by atoms with Crippen LogP contribution in [0.1, 0.15) is 20.3 Å². The molecule has 3 heteroatoms. The van der Waals surface area contributed by atoms with Crippen LogP contribution in [-0.2, 0) is 4.65 Å². The Hall–Kier alpha value is -0.275. The Morgan fingerprint density at radius 2 is 2.30 bits per heavy atom. The molecular formula is C7H16BNO. The molecule has 10 heavy (non-hydrogen) atoms. The normalized spacial score (nSPS) is 17.5. The summed E-state index contributed by atoms with van der Waals surface area (Å²) in [6.07, 6.45) is 5.18. The maximum Gasteiger partial charge on any atom is 0.258 e. The molecule has 0 aliphatic rings. The fraction of sp³-hybridized carbons (Fsp3) is 0.714. The third kappa shape index (κ3) is 3.69. The van der Waals surface area contributed by atoms with Crippen molar-refractivity contribution in [3.8, 4) is 0 Å². The minimum Gasteiger partial charge on any atom is -0.436 e. The molecule has 0 rings (SSSR count). The van der Waals surface area contributed by atoms with E-state index in [0.29, 0.717) is 0 Å². The lowest BCUT2D eigenvalue weighted by atomic mass is 10.1. The van der Waals surface area contributed by atoms with Crippen LogP contribution in [-0.4, -0.2) is 20.2 Å². The molecule has 0 aliphatic heterocycles. The Labute approximate surface area is 63.9 Å². The van der Waals surface area contributed by atoms with Gasteiger partial charge < -0.3 is 10.4 Å². The van der Waals surface area contributed by atoms with E-state index in [1.807, 2.05) is 13.0 Å². The van der Waals surface area contributed by atoms with Gasteiger partial charge in [-0.3, -0.25) is 0 Å². The molecule has 0 radical (unpaired) electrons. The number of nitrogens with two attached hydrogens (primary N) is 1. The SMILES string of the molecule is BOC(/C=C\CC)[C@H](C)N. The minimum atomic E-state index is 0.0694. The van der Waals surface area contributed by atoms with Crippen molar-refractivity contribution >= 4 is 8.05 Å². The Bertz CT molecular complexity index is 104. The van der Waals surface area contributed by atoms with E-state index < -0.39 is 0 Å². The molecule has 58 valence electrons. The lowest BCUT2D eigenvalue weighted by Gasteiger charge is -2.14. The van der Waals surface area contributed by atoms with Gasteiger partial charge in [0.05, 0.1) is 6.10 Å². The van der Waals surface area contributed by atoms with Crippen molar-refractivity contribution in [2.24, 2.45) is 5.73 Å². The highest BCUT2D eigenvalue weighted by Gasteiger charge is 2.05. The third-order valence-electron chi connectivity index (χ3n) is 1.35. The summed E-state index contributed by atoms with van der Waals surface area (Å²) in [5, 5.41) is 0. The summed E-state index contributed by atoms with van der Waals surface area (Å²) in [5.74, 6) is 0. The number of allylic oxidation sites excluding steroid dienone is 1. The van der Waals surface area contributed by atoms with Gasteiger partial charge in [0.2, 0.25) is 0 Å². The fourth-order valence-electron chi connectivity index (χ4n) is 0.739. The number of hydrogen-bond acceptors (Lipinski definition) is 2. The second-order valence-electron chi connectivity index (χ2n) is 2.40. The zero-order valence-corrected chi connectivity index (χ0v) is 7.00. The third-order valence-corrected chi connectivity index (χ3v) is 1.35. The first-order chi connectivity index (χ1) is 4.72. The quantitative estimate of drug-likeness (QED) is 0.449. The van der Waals surface area contributed by atoms with E-state index in [1.54, 1.807) is 8.05 Å². The summed E-state index contributed by atoms with van der Waals surface area (Å²) >= 11 is 0. The van der Waals surface area contributed by atoms with E-state index in [4.69, 9.17) is 10.4 Å². The van der Waals surface area contributed by atoms with Crippen molar-refractivity contribution in [1.29, 1.82) is 0 Å². The predicted molar refractivity (Wildman–Crippen MR) is 46.5 cm³/mol. The van der Waals surface area contributed by atoms with Gasteiger partial charge in [0, 0.05) is 6.04 Å². The first-order valence-electron chi connectivity index (χ1n) is 3.67. The summed E-state index contributed by atoms with van der Waals surface area (Å²) in [6, 6.07) is 0.0767. The molecule has 2 N–H and O–H groups in total. The number of hydrogen-bond donors (Lipinski definition) is 1. The van der Waals surface area contributed by atoms with E-state index in [-0.39, 0.29) is 12.1 Å². The lowest BCUT2D eigenvalue weighted by molar-refractivity contribution is 0.245. The fourth-order valence-corrected chi connectivity index (χ4v) is 0.739. The largest absolute Gasteiger partial charge is 0.436 e. The minimum absolute atomic E-state index is 0.0694. The lowest BCUT2D eigenvalue weighted by Crippen LogP contribution is -2.31. The van der Waals surface area contributed by atoms with E-state index in [1.165, 1.54) is 0 Å². The first kappa shape index (κ1) is 9.72. The van der Waals surface area contributed by atoms with Crippen LogP contribution in [0.5, 0.6) is 0 Å². The highest BCUT2D eigenvalue weighted by Crippen LogP contribution is 1.97. The number of rotatable bonds is 4. The summed E-state index contributed by atoms with van der Waals surface area (Å²) < 4.78 is 5.10. The van der Waals surface area contributed by atoms with Gasteiger partial charge in [-0.05, 0) is 13.3 Å². The molecule has 0 saturated heterocycles. The van der Waals surface area contributed by atoms with Crippen LogP contribution in [0.4, 0.5) is 0 Å². The van der Waals surface area contributed by atoms with Crippen LogP contribution < -0.4 is 5.73 Å². The van der Waals surface area contributed by atoms with E-state index in [9.17, 15) is 0 Å². The first-order valence-corrected chi connectivity index (χ1v) is 3.67. The maximum absolute atomic E-state index is 5.61. The molecule has 2 nitrogen and oxygen atoms in total. The van der Waals surface area contributed by atoms with Crippen LogP contribution in [0.15, 0.2) is 12.2 Å². The van der Waals surface area contributed by atoms with Crippen LogP contribution >= 0.6 is 0 Å². The highest BCUT2D eigenvalue weighted by molar-refractivity contribution is 5.98. The smallest absolute Gasteiger partial charge is 0.258 e. The average Bonchev–Trinajstić information content (AvgIpc) is 1.89. The van der Waals surface area contributed by atoms with Crippen molar-refractivity contribution in [2.75, 3.05) is 0 Å². The molecule has 0 amide bonds. The second-order valence-corrected chi connectivity index (χ2v) is 2.40. The molecule has 0 saturated carbocycles. The Morgan fingerprint density at radius 3 is 2.60 bits per heavy atom. The van der Waals surface area contributed by atoms with Crippen LogP contribution in [0.2, 0.25) is 0 Å². The molecule has 0 spiro atoms. The predicted octanol–water partition coefficient (Wildman–Crippen LogP) is 0.233.